The van der Waals surface area contributed by atoms with Gasteiger partial charge in [0.25, 0.3) is 5.91 Å². The molecule has 2 aromatic carbocycles. The van der Waals surface area contributed by atoms with Crippen LogP contribution in [0.3, 0.4) is 0 Å². The van der Waals surface area contributed by atoms with E-state index >= 15 is 0 Å². The molecule has 1 amide bonds. The van der Waals surface area contributed by atoms with E-state index in [2.05, 4.69) is 4.99 Å². The number of thiazole rings is 1. The fourth-order valence-corrected chi connectivity index (χ4v) is 4.29. The number of fused-ring (bicyclic) bond motifs is 1. The van der Waals surface area contributed by atoms with Gasteiger partial charge in [0.2, 0.25) is 0 Å². The van der Waals surface area contributed by atoms with E-state index in [0.717, 1.165) is 15.1 Å². The van der Waals surface area contributed by atoms with E-state index in [0.29, 0.717) is 30.1 Å². The summed E-state index contributed by atoms with van der Waals surface area (Å²) >= 11 is 2.81. The molecule has 1 heterocycles. The molecule has 0 radical (unpaired) electrons. The zero-order valence-electron chi connectivity index (χ0n) is 14.6. The third kappa shape index (κ3) is 4.06. The van der Waals surface area contributed by atoms with Gasteiger partial charge < -0.3 is 9.30 Å². The molecule has 0 bridgehead atoms. The summed E-state index contributed by atoms with van der Waals surface area (Å²) in [6.45, 7) is 3.60. The van der Waals surface area contributed by atoms with E-state index in [9.17, 15) is 9.18 Å². The number of hydrogen-bond acceptors (Lipinski definition) is 4. The molecule has 0 saturated carbocycles. The van der Waals surface area contributed by atoms with Crippen molar-refractivity contribution in [3.05, 3.63) is 58.6 Å². The average molecular weight is 391 g/mol. The molecule has 136 valence electrons. The van der Waals surface area contributed by atoms with Gasteiger partial charge in [-0.2, -0.15) is 4.99 Å². The van der Waals surface area contributed by atoms with Gasteiger partial charge in [0.05, 0.1) is 22.4 Å². The number of carbonyl (C=O) groups is 1. The highest BCUT2D eigenvalue weighted by Crippen LogP contribution is 2.21. The summed E-state index contributed by atoms with van der Waals surface area (Å²) in [5.74, 6) is -0.603. The van der Waals surface area contributed by atoms with Crippen LogP contribution < -0.4 is 4.80 Å². The highest BCUT2D eigenvalue weighted by Gasteiger charge is 2.12. The number of ether oxygens (including phenoxy) is 1. The van der Waals surface area contributed by atoms with Crippen molar-refractivity contribution in [2.24, 2.45) is 4.99 Å². The summed E-state index contributed by atoms with van der Waals surface area (Å²) in [6, 6.07) is 12.0. The Hall–Kier alpha value is -1.96. The van der Waals surface area contributed by atoms with E-state index in [1.165, 1.54) is 35.2 Å². The summed E-state index contributed by atoms with van der Waals surface area (Å²) in [5.41, 5.74) is 1.42. The van der Waals surface area contributed by atoms with Gasteiger partial charge in [0.15, 0.2) is 4.80 Å². The lowest BCUT2D eigenvalue weighted by Crippen LogP contribution is -2.20. The molecule has 0 fully saturated rings. The third-order valence-electron chi connectivity index (χ3n) is 3.84. The second-order valence-electron chi connectivity index (χ2n) is 5.46. The monoisotopic (exact) mass is 390 g/mol. The first kappa shape index (κ1) is 18.8. The summed E-state index contributed by atoms with van der Waals surface area (Å²) in [7, 11) is 0. The zero-order chi connectivity index (χ0) is 18.5. The lowest BCUT2D eigenvalue weighted by atomic mass is 10.2. The van der Waals surface area contributed by atoms with E-state index < -0.39 is 0 Å². The first-order valence-electron chi connectivity index (χ1n) is 8.22. The minimum Gasteiger partial charge on any atom is -0.380 e. The second-order valence-corrected chi connectivity index (χ2v) is 7.32. The third-order valence-corrected chi connectivity index (χ3v) is 5.68. The Kier molecular flexibility index (Phi) is 6.24. The Morgan fingerprint density at radius 3 is 2.88 bits per heavy atom. The number of rotatable bonds is 6. The largest absolute Gasteiger partial charge is 0.380 e. The molecule has 0 unspecified atom stereocenters. The van der Waals surface area contributed by atoms with Gasteiger partial charge in [-0.15, -0.1) is 11.8 Å². The molecule has 3 aromatic rings. The van der Waals surface area contributed by atoms with E-state index in [-0.39, 0.29) is 11.7 Å². The molecule has 7 heteroatoms. The molecule has 0 aliphatic heterocycles. The Morgan fingerprint density at radius 2 is 2.12 bits per heavy atom. The predicted octanol–water partition coefficient (Wildman–Crippen LogP) is 4.34. The summed E-state index contributed by atoms with van der Waals surface area (Å²) in [6.07, 6.45) is 1.93. The van der Waals surface area contributed by atoms with Crippen molar-refractivity contribution in [1.29, 1.82) is 0 Å². The minimum absolute atomic E-state index is 0.299. The molecular weight excluding hydrogens is 371 g/mol. The minimum atomic E-state index is -0.304. The molecule has 0 saturated heterocycles. The van der Waals surface area contributed by atoms with Gasteiger partial charge in [0, 0.05) is 18.0 Å². The van der Waals surface area contributed by atoms with Gasteiger partial charge in [-0.25, -0.2) is 4.39 Å². The van der Waals surface area contributed by atoms with Gasteiger partial charge in [-0.3, -0.25) is 4.79 Å². The zero-order valence-corrected chi connectivity index (χ0v) is 16.2. The highest BCUT2D eigenvalue weighted by atomic mass is 32.2. The topological polar surface area (TPSA) is 43.6 Å². The van der Waals surface area contributed by atoms with E-state index in [1.54, 1.807) is 12.1 Å². The first-order valence-corrected chi connectivity index (χ1v) is 10.3. The van der Waals surface area contributed by atoms with Crippen molar-refractivity contribution >= 4 is 39.2 Å². The van der Waals surface area contributed by atoms with Crippen LogP contribution in [0.5, 0.6) is 0 Å². The van der Waals surface area contributed by atoms with Gasteiger partial charge in [-0.1, -0.05) is 23.5 Å². The summed E-state index contributed by atoms with van der Waals surface area (Å²) in [5, 5.41) is 0. The fourth-order valence-electron chi connectivity index (χ4n) is 2.62. The number of nitrogens with zero attached hydrogens (tertiary/aromatic N) is 2. The molecule has 0 aliphatic carbocycles. The maximum Gasteiger partial charge on any atom is 0.280 e. The van der Waals surface area contributed by atoms with Crippen LogP contribution in [0.1, 0.15) is 17.3 Å². The van der Waals surface area contributed by atoms with E-state index in [1.807, 2.05) is 35.9 Å². The predicted molar refractivity (Wildman–Crippen MR) is 104 cm³/mol. The number of halogens is 1. The molecule has 0 N–H and O–H groups in total. The smallest absolute Gasteiger partial charge is 0.280 e. The molecular formula is C19H19FN2O2S2. The highest BCUT2D eigenvalue weighted by molar-refractivity contribution is 7.98. The van der Waals surface area contributed by atoms with Crippen LogP contribution in [0, 0.1) is 5.82 Å². The van der Waals surface area contributed by atoms with E-state index in [4.69, 9.17) is 4.74 Å². The van der Waals surface area contributed by atoms with Gasteiger partial charge in [-0.05, 0) is 43.5 Å². The molecule has 3 rings (SSSR count). The number of amides is 1. The fraction of sp³-hybridized carbons (Fsp3) is 0.263. The number of carbonyl (C=O) groups excluding carboxylic acids is 1. The van der Waals surface area contributed by atoms with Crippen LogP contribution in [-0.2, 0) is 11.3 Å². The van der Waals surface area contributed by atoms with Crippen molar-refractivity contribution in [3.63, 3.8) is 0 Å². The Balaban J connectivity index is 2.08. The van der Waals surface area contributed by atoms with Crippen molar-refractivity contribution in [2.75, 3.05) is 19.5 Å². The second kappa shape index (κ2) is 8.62. The Labute approximate surface area is 159 Å². The van der Waals surface area contributed by atoms with Crippen molar-refractivity contribution in [2.45, 2.75) is 18.4 Å². The van der Waals surface area contributed by atoms with Crippen LogP contribution >= 0.6 is 23.1 Å². The van der Waals surface area contributed by atoms with Crippen molar-refractivity contribution in [1.82, 2.24) is 4.57 Å². The van der Waals surface area contributed by atoms with Crippen LogP contribution in [0.2, 0.25) is 0 Å². The molecule has 4 nitrogen and oxygen atoms in total. The number of hydrogen-bond donors (Lipinski definition) is 0. The number of thioether (sulfide) groups is 1. The molecule has 0 spiro atoms. The van der Waals surface area contributed by atoms with Crippen molar-refractivity contribution in [3.8, 4) is 0 Å². The molecule has 0 aliphatic rings. The standard InChI is InChI=1S/C19H19FN2O2S2/c1-3-24-11-10-22-15-9-8-13(20)12-17(15)26-19(22)21-18(23)14-6-4-5-7-16(14)25-2/h4-9,12H,3,10-11H2,1-2H3. The lowest BCUT2D eigenvalue weighted by Gasteiger charge is -2.06. The summed E-state index contributed by atoms with van der Waals surface area (Å²) < 4.78 is 21.7. The van der Waals surface area contributed by atoms with Crippen molar-refractivity contribution < 1.29 is 13.9 Å². The normalized spacial score (nSPS) is 12.0. The molecule has 1 aromatic heterocycles. The Morgan fingerprint density at radius 1 is 1.31 bits per heavy atom. The summed E-state index contributed by atoms with van der Waals surface area (Å²) in [4.78, 5) is 18.5. The van der Waals surface area contributed by atoms with Crippen LogP contribution in [0.4, 0.5) is 4.39 Å². The molecule has 26 heavy (non-hydrogen) atoms. The quantitative estimate of drug-likeness (QED) is 0.464. The Bertz CT molecular complexity index is 995. The van der Waals surface area contributed by atoms with Crippen LogP contribution in [-0.4, -0.2) is 29.9 Å². The SMILES string of the molecule is CCOCCn1c(=NC(=O)c2ccccc2SC)sc2cc(F)ccc21. The lowest BCUT2D eigenvalue weighted by molar-refractivity contribution is 0.0994. The average Bonchev–Trinajstić information content (AvgIpc) is 2.98. The maximum atomic E-state index is 13.6. The molecule has 0 atom stereocenters. The van der Waals surface area contributed by atoms with Gasteiger partial charge >= 0.3 is 0 Å². The van der Waals surface area contributed by atoms with Gasteiger partial charge in [0.1, 0.15) is 5.82 Å². The maximum absolute atomic E-state index is 13.6. The first-order chi connectivity index (χ1) is 12.6. The number of aromatic nitrogens is 1. The number of benzene rings is 2. The van der Waals surface area contributed by atoms with Crippen LogP contribution in [0.25, 0.3) is 10.2 Å². The van der Waals surface area contributed by atoms with Crippen LogP contribution in [0.15, 0.2) is 52.4 Å².